The van der Waals surface area contributed by atoms with Gasteiger partial charge >= 0.3 is 0 Å². The summed E-state index contributed by atoms with van der Waals surface area (Å²) in [6, 6.07) is 11.3. The molecule has 4 nitrogen and oxygen atoms in total. The summed E-state index contributed by atoms with van der Waals surface area (Å²) in [6.07, 6.45) is 4.42. The fourth-order valence-corrected chi connectivity index (χ4v) is 4.56. The molecule has 0 bridgehead atoms. The average molecular weight is 437 g/mol. The van der Waals surface area contributed by atoms with Gasteiger partial charge in [-0.2, -0.15) is 0 Å². The van der Waals surface area contributed by atoms with E-state index in [2.05, 4.69) is 32.2 Å². The standard InChI is InChI=1S/C19H18BrFN2O2S/c1-2-5-15(10-13-12-22-18-7-4-3-6-16(13)18)23-26(24,25)19-9-8-14(20)11-17(19)21/h2-4,6-9,11-12,15,22-23H,1,5,10H2/t15-/m0/s1. The van der Waals surface area contributed by atoms with Gasteiger partial charge in [0.1, 0.15) is 10.7 Å². The molecule has 3 rings (SSSR count). The van der Waals surface area contributed by atoms with Crippen LogP contribution in [0.1, 0.15) is 12.0 Å². The maximum Gasteiger partial charge on any atom is 0.243 e. The van der Waals surface area contributed by atoms with E-state index in [0.29, 0.717) is 17.3 Å². The van der Waals surface area contributed by atoms with Crippen molar-refractivity contribution in [1.29, 1.82) is 0 Å². The van der Waals surface area contributed by atoms with Crippen LogP contribution in [0, 0.1) is 5.82 Å². The van der Waals surface area contributed by atoms with E-state index in [1.807, 2.05) is 30.5 Å². The quantitative estimate of drug-likeness (QED) is 0.534. The molecule has 2 aromatic carbocycles. The molecule has 0 radical (unpaired) electrons. The highest BCUT2D eigenvalue weighted by molar-refractivity contribution is 9.10. The van der Waals surface area contributed by atoms with Crippen molar-refractivity contribution in [2.45, 2.75) is 23.8 Å². The fraction of sp³-hybridized carbons (Fsp3) is 0.158. The highest BCUT2D eigenvalue weighted by Gasteiger charge is 2.23. The minimum absolute atomic E-state index is 0.367. The lowest BCUT2D eigenvalue weighted by Gasteiger charge is -2.17. The molecule has 2 N–H and O–H groups in total. The first-order chi connectivity index (χ1) is 12.4. The third-order valence-corrected chi connectivity index (χ3v) is 6.14. The zero-order valence-corrected chi connectivity index (χ0v) is 16.3. The second-order valence-corrected chi connectivity index (χ2v) is 8.58. The Morgan fingerprint density at radius 1 is 1.27 bits per heavy atom. The molecular formula is C19H18BrFN2O2S. The topological polar surface area (TPSA) is 62.0 Å². The number of H-pyrrole nitrogens is 1. The molecule has 0 saturated heterocycles. The van der Waals surface area contributed by atoms with E-state index in [0.717, 1.165) is 22.5 Å². The molecule has 0 amide bonds. The number of hydrogen-bond acceptors (Lipinski definition) is 2. The van der Waals surface area contributed by atoms with Gasteiger partial charge in [0.25, 0.3) is 0 Å². The normalized spacial score (nSPS) is 13.0. The Balaban J connectivity index is 1.87. The third-order valence-electron chi connectivity index (χ3n) is 4.10. The lowest BCUT2D eigenvalue weighted by Crippen LogP contribution is -2.36. The molecule has 0 saturated carbocycles. The number of para-hydroxylation sites is 1. The average Bonchev–Trinajstić information content (AvgIpc) is 2.97. The van der Waals surface area contributed by atoms with E-state index in [-0.39, 0.29) is 4.90 Å². The van der Waals surface area contributed by atoms with Gasteiger partial charge in [-0.05, 0) is 42.7 Å². The zero-order valence-electron chi connectivity index (χ0n) is 13.9. The predicted molar refractivity (Wildman–Crippen MR) is 105 cm³/mol. The Hall–Kier alpha value is -1.96. The number of halogens is 2. The number of fused-ring (bicyclic) bond motifs is 1. The monoisotopic (exact) mass is 436 g/mol. The first kappa shape index (κ1) is 18.8. The van der Waals surface area contributed by atoms with Gasteiger partial charge in [0.05, 0.1) is 0 Å². The summed E-state index contributed by atoms with van der Waals surface area (Å²) in [7, 11) is -3.99. The van der Waals surface area contributed by atoms with Crippen LogP contribution in [0.15, 0.2) is 70.7 Å². The summed E-state index contributed by atoms with van der Waals surface area (Å²) in [6.45, 7) is 3.70. The largest absolute Gasteiger partial charge is 0.361 e. The number of rotatable bonds is 7. The zero-order chi connectivity index (χ0) is 18.7. The number of sulfonamides is 1. The molecule has 1 atom stereocenters. The second-order valence-electron chi connectivity index (χ2n) is 5.98. The lowest BCUT2D eigenvalue weighted by molar-refractivity contribution is 0.533. The van der Waals surface area contributed by atoms with Gasteiger partial charge in [0.15, 0.2) is 0 Å². The number of benzene rings is 2. The highest BCUT2D eigenvalue weighted by Crippen LogP contribution is 2.22. The van der Waals surface area contributed by atoms with Gasteiger partial charge in [0.2, 0.25) is 10.0 Å². The van der Waals surface area contributed by atoms with Crippen LogP contribution in [0.4, 0.5) is 4.39 Å². The van der Waals surface area contributed by atoms with E-state index in [9.17, 15) is 12.8 Å². The van der Waals surface area contributed by atoms with Crippen LogP contribution in [0.3, 0.4) is 0 Å². The molecule has 0 aliphatic heterocycles. The van der Waals surface area contributed by atoms with Gasteiger partial charge in [-0.3, -0.25) is 0 Å². The van der Waals surface area contributed by atoms with Crippen molar-refractivity contribution >= 4 is 36.9 Å². The Morgan fingerprint density at radius 2 is 2.04 bits per heavy atom. The molecular weight excluding hydrogens is 419 g/mol. The summed E-state index contributed by atoms with van der Waals surface area (Å²) in [5.41, 5.74) is 1.98. The molecule has 0 spiro atoms. The number of aromatic nitrogens is 1. The minimum atomic E-state index is -3.99. The van der Waals surface area contributed by atoms with Gasteiger partial charge in [-0.25, -0.2) is 17.5 Å². The number of nitrogens with one attached hydrogen (secondary N) is 2. The van der Waals surface area contributed by atoms with Gasteiger partial charge < -0.3 is 4.98 Å². The van der Waals surface area contributed by atoms with Gasteiger partial charge in [-0.1, -0.05) is 40.2 Å². The number of hydrogen-bond donors (Lipinski definition) is 2. The van der Waals surface area contributed by atoms with Crippen LogP contribution in [0.2, 0.25) is 0 Å². The molecule has 26 heavy (non-hydrogen) atoms. The van der Waals surface area contributed by atoms with Crippen molar-refractivity contribution in [3.63, 3.8) is 0 Å². The van der Waals surface area contributed by atoms with Crippen molar-refractivity contribution in [3.8, 4) is 0 Å². The maximum atomic E-state index is 14.1. The Kier molecular flexibility index (Phi) is 5.60. The van der Waals surface area contributed by atoms with Gasteiger partial charge in [0, 0.05) is 27.6 Å². The SMILES string of the molecule is C=CC[C@@H](Cc1c[nH]c2ccccc12)NS(=O)(=O)c1ccc(Br)cc1F. The summed E-state index contributed by atoms with van der Waals surface area (Å²) >= 11 is 3.13. The van der Waals surface area contributed by atoms with E-state index in [4.69, 9.17) is 0 Å². The smallest absolute Gasteiger partial charge is 0.243 e. The molecule has 0 fully saturated rings. The van der Waals surface area contributed by atoms with Crippen molar-refractivity contribution < 1.29 is 12.8 Å². The van der Waals surface area contributed by atoms with E-state index >= 15 is 0 Å². The summed E-state index contributed by atoms with van der Waals surface area (Å²) in [4.78, 5) is 2.81. The minimum Gasteiger partial charge on any atom is -0.361 e. The van der Waals surface area contributed by atoms with Crippen molar-refractivity contribution in [1.82, 2.24) is 9.71 Å². The predicted octanol–water partition coefficient (Wildman–Crippen LogP) is 4.54. The van der Waals surface area contributed by atoms with Crippen LogP contribution in [-0.4, -0.2) is 19.4 Å². The highest BCUT2D eigenvalue weighted by atomic mass is 79.9. The fourth-order valence-electron chi connectivity index (χ4n) is 2.92. The van der Waals surface area contributed by atoms with Crippen LogP contribution in [0.25, 0.3) is 10.9 Å². The molecule has 0 aliphatic rings. The Bertz CT molecular complexity index is 1050. The van der Waals surface area contributed by atoms with Crippen LogP contribution in [-0.2, 0) is 16.4 Å². The van der Waals surface area contributed by atoms with Gasteiger partial charge in [-0.15, -0.1) is 6.58 Å². The molecule has 1 aromatic heterocycles. The van der Waals surface area contributed by atoms with Crippen LogP contribution < -0.4 is 4.72 Å². The van der Waals surface area contributed by atoms with Crippen LogP contribution in [0.5, 0.6) is 0 Å². The molecule has 7 heteroatoms. The third kappa shape index (κ3) is 4.06. The van der Waals surface area contributed by atoms with Crippen molar-refractivity contribution in [3.05, 3.63) is 77.2 Å². The molecule has 1 heterocycles. The second kappa shape index (κ2) is 7.73. The maximum absolute atomic E-state index is 14.1. The van der Waals surface area contributed by atoms with E-state index in [1.54, 1.807) is 6.08 Å². The Morgan fingerprint density at radius 3 is 2.77 bits per heavy atom. The number of aromatic amines is 1. The molecule has 3 aromatic rings. The van der Waals surface area contributed by atoms with Crippen LogP contribution >= 0.6 is 15.9 Å². The van der Waals surface area contributed by atoms with E-state index < -0.39 is 21.9 Å². The molecule has 0 aliphatic carbocycles. The van der Waals surface area contributed by atoms with E-state index in [1.165, 1.54) is 12.1 Å². The molecule has 136 valence electrons. The first-order valence-electron chi connectivity index (χ1n) is 8.04. The lowest BCUT2D eigenvalue weighted by atomic mass is 10.0. The molecule has 0 unspecified atom stereocenters. The summed E-state index contributed by atoms with van der Waals surface area (Å²) < 4.78 is 42.4. The summed E-state index contributed by atoms with van der Waals surface area (Å²) in [5, 5.41) is 1.04. The first-order valence-corrected chi connectivity index (χ1v) is 10.3. The van der Waals surface area contributed by atoms with Crippen molar-refractivity contribution in [2.75, 3.05) is 0 Å². The summed E-state index contributed by atoms with van der Waals surface area (Å²) in [5.74, 6) is -0.795. The van der Waals surface area contributed by atoms with Crippen molar-refractivity contribution in [2.24, 2.45) is 0 Å². The Labute approximate surface area is 160 Å².